The Morgan fingerprint density at radius 3 is 2.74 bits per heavy atom. The van der Waals surface area contributed by atoms with Crippen molar-refractivity contribution < 1.29 is 0 Å². The minimum Gasteiger partial charge on any atom is -0.367 e. The lowest BCUT2D eigenvalue weighted by Crippen LogP contribution is -2.22. The van der Waals surface area contributed by atoms with Crippen molar-refractivity contribution in [3.8, 4) is 0 Å². The minimum absolute atomic E-state index is 0.343. The number of hydrogen-bond acceptors (Lipinski definition) is 4. The molecular formula is C18H25N5. The summed E-state index contributed by atoms with van der Waals surface area (Å²) in [5.74, 6) is 2.64. The molecule has 0 bridgehead atoms. The first kappa shape index (κ1) is 13.8. The van der Waals surface area contributed by atoms with E-state index in [0.29, 0.717) is 18.0 Å². The lowest BCUT2D eigenvalue weighted by molar-refractivity contribution is 0.683. The first-order valence-corrected chi connectivity index (χ1v) is 9.16. The van der Waals surface area contributed by atoms with Crippen molar-refractivity contribution in [2.24, 2.45) is 11.7 Å². The number of fused-ring (bicyclic) bond motifs is 1. The first-order chi connectivity index (χ1) is 11.3. The van der Waals surface area contributed by atoms with Gasteiger partial charge < -0.3 is 11.1 Å². The van der Waals surface area contributed by atoms with E-state index in [2.05, 4.69) is 16.5 Å². The molecular weight excluding hydrogens is 286 g/mol. The van der Waals surface area contributed by atoms with Crippen LogP contribution in [0, 0.1) is 5.92 Å². The summed E-state index contributed by atoms with van der Waals surface area (Å²) in [4.78, 5) is 4.96. The van der Waals surface area contributed by atoms with Crippen LogP contribution in [0.2, 0.25) is 0 Å². The van der Waals surface area contributed by atoms with Crippen molar-refractivity contribution >= 4 is 11.5 Å². The molecule has 0 radical (unpaired) electrons. The first-order valence-electron chi connectivity index (χ1n) is 9.16. The minimum atomic E-state index is 0.343. The molecule has 3 aliphatic carbocycles. The molecule has 122 valence electrons. The topological polar surface area (TPSA) is 68.2 Å². The Balaban J connectivity index is 1.52. The number of nitrogens with two attached hydrogens (primary N) is 1. The highest BCUT2D eigenvalue weighted by molar-refractivity contribution is 5.57. The van der Waals surface area contributed by atoms with Crippen LogP contribution in [0.15, 0.2) is 12.3 Å². The third kappa shape index (κ3) is 2.71. The molecule has 3 saturated carbocycles. The van der Waals surface area contributed by atoms with Crippen molar-refractivity contribution in [1.82, 2.24) is 14.6 Å². The van der Waals surface area contributed by atoms with E-state index in [4.69, 9.17) is 10.7 Å². The van der Waals surface area contributed by atoms with Gasteiger partial charge in [0.25, 0.3) is 0 Å². The van der Waals surface area contributed by atoms with Crippen molar-refractivity contribution in [3.63, 3.8) is 0 Å². The number of nitrogens with zero attached hydrogens (tertiary/aromatic N) is 3. The van der Waals surface area contributed by atoms with E-state index >= 15 is 0 Å². The largest absolute Gasteiger partial charge is 0.367 e. The van der Waals surface area contributed by atoms with Gasteiger partial charge in [-0.1, -0.05) is 0 Å². The van der Waals surface area contributed by atoms with Gasteiger partial charge in [0.1, 0.15) is 5.82 Å². The van der Waals surface area contributed by atoms with Crippen LogP contribution >= 0.6 is 0 Å². The highest BCUT2D eigenvalue weighted by Gasteiger charge is 2.30. The molecule has 23 heavy (non-hydrogen) atoms. The molecule has 5 nitrogen and oxygen atoms in total. The van der Waals surface area contributed by atoms with E-state index in [1.54, 1.807) is 0 Å². The normalized spacial score (nSPS) is 27.7. The number of anilines is 1. The van der Waals surface area contributed by atoms with Crippen LogP contribution in [-0.4, -0.2) is 26.7 Å². The van der Waals surface area contributed by atoms with E-state index in [1.807, 2.05) is 10.7 Å². The third-order valence-corrected chi connectivity index (χ3v) is 5.59. The highest BCUT2D eigenvalue weighted by Crippen LogP contribution is 2.42. The number of rotatable bonds is 5. The Hall–Kier alpha value is -1.62. The number of hydrogen-bond donors (Lipinski definition) is 2. The molecule has 2 atom stereocenters. The summed E-state index contributed by atoms with van der Waals surface area (Å²) >= 11 is 0. The zero-order valence-corrected chi connectivity index (χ0v) is 13.5. The van der Waals surface area contributed by atoms with E-state index in [9.17, 15) is 0 Å². The molecule has 0 saturated heterocycles. The summed E-state index contributed by atoms with van der Waals surface area (Å²) in [6.07, 6.45) is 11.8. The average molecular weight is 311 g/mol. The summed E-state index contributed by atoms with van der Waals surface area (Å²) in [6, 6.07) is 3.03. The van der Waals surface area contributed by atoms with Crippen molar-refractivity contribution in [2.75, 3.05) is 5.32 Å². The van der Waals surface area contributed by atoms with Gasteiger partial charge in [0, 0.05) is 29.4 Å². The van der Waals surface area contributed by atoms with Crippen LogP contribution < -0.4 is 11.1 Å². The fourth-order valence-corrected chi connectivity index (χ4v) is 3.89. The van der Waals surface area contributed by atoms with Gasteiger partial charge in [-0.05, 0) is 63.2 Å². The van der Waals surface area contributed by atoms with Crippen molar-refractivity contribution in [3.05, 3.63) is 23.5 Å². The molecule has 0 aromatic carbocycles. The average Bonchev–Trinajstić information content (AvgIpc) is 3.45. The van der Waals surface area contributed by atoms with Gasteiger partial charge in [0.15, 0.2) is 5.65 Å². The smallest absolute Gasteiger partial charge is 0.161 e. The second-order valence-electron chi connectivity index (χ2n) is 7.80. The molecule has 0 amide bonds. The monoisotopic (exact) mass is 311 g/mol. The molecule has 2 heterocycles. The lowest BCUT2D eigenvalue weighted by atomic mass is 10.2. The van der Waals surface area contributed by atoms with E-state index < -0.39 is 0 Å². The van der Waals surface area contributed by atoms with Gasteiger partial charge in [-0.2, -0.15) is 9.61 Å². The molecule has 3 aliphatic rings. The molecule has 0 unspecified atom stereocenters. The van der Waals surface area contributed by atoms with Crippen molar-refractivity contribution in [1.29, 1.82) is 0 Å². The highest BCUT2D eigenvalue weighted by atomic mass is 15.3. The van der Waals surface area contributed by atoms with Crippen LogP contribution in [0.4, 0.5) is 5.82 Å². The van der Waals surface area contributed by atoms with Crippen LogP contribution in [0.1, 0.15) is 62.1 Å². The summed E-state index contributed by atoms with van der Waals surface area (Å²) in [7, 11) is 0. The maximum Gasteiger partial charge on any atom is 0.161 e. The molecule has 0 spiro atoms. The SMILES string of the molecule is N[C@H]1CC[C@H](Nc2cc(CC3CC3)nc3c(C4CC4)cnn23)C1. The van der Waals surface area contributed by atoms with Gasteiger partial charge in [-0.25, -0.2) is 4.98 Å². The Kier molecular flexibility index (Phi) is 3.11. The summed E-state index contributed by atoms with van der Waals surface area (Å²) in [5.41, 5.74) is 9.72. The standard InChI is InChI=1S/C18H25N5/c19-13-5-6-14(8-13)21-17-9-15(7-11-1-2-11)22-18-16(12-3-4-12)10-20-23(17)18/h9-14,21H,1-8,19H2/t13-,14-/m0/s1. The molecule has 5 heteroatoms. The van der Waals surface area contributed by atoms with E-state index in [-0.39, 0.29) is 0 Å². The molecule has 3 fully saturated rings. The fourth-order valence-electron chi connectivity index (χ4n) is 3.89. The van der Waals surface area contributed by atoms with Gasteiger partial charge in [0.05, 0.1) is 6.20 Å². The molecule has 5 rings (SSSR count). The van der Waals surface area contributed by atoms with Crippen LogP contribution in [-0.2, 0) is 6.42 Å². The second kappa shape index (κ2) is 5.20. The molecule has 3 N–H and O–H groups in total. The van der Waals surface area contributed by atoms with Crippen LogP contribution in [0.25, 0.3) is 5.65 Å². The Labute approximate surface area is 136 Å². The molecule has 2 aromatic heterocycles. The molecule has 0 aliphatic heterocycles. The Morgan fingerprint density at radius 2 is 2.04 bits per heavy atom. The predicted octanol–water partition coefficient (Wildman–Crippen LogP) is 2.85. The number of aromatic nitrogens is 3. The number of nitrogens with one attached hydrogen (secondary N) is 1. The fraction of sp³-hybridized carbons (Fsp3) is 0.667. The van der Waals surface area contributed by atoms with E-state index in [0.717, 1.165) is 43.1 Å². The van der Waals surface area contributed by atoms with Crippen LogP contribution in [0.3, 0.4) is 0 Å². The Bertz CT molecular complexity index is 728. The second-order valence-corrected chi connectivity index (χ2v) is 7.80. The summed E-state index contributed by atoms with van der Waals surface area (Å²) in [6.45, 7) is 0. The maximum absolute atomic E-state index is 6.07. The quantitative estimate of drug-likeness (QED) is 0.891. The van der Waals surface area contributed by atoms with Gasteiger partial charge >= 0.3 is 0 Å². The maximum atomic E-state index is 6.07. The van der Waals surface area contributed by atoms with Crippen molar-refractivity contribution in [2.45, 2.75) is 69.4 Å². The lowest BCUT2D eigenvalue weighted by Gasteiger charge is -2.16. The van der Waals surface area contributed by atoms with Gasteiger partial charge in [0.2, 0.25) is 0 Å². The zero-order valence-electron chi connectivity index (χ0n) is 13.5. The van der Waals surface area contributed by atoms with Gasteiger partial charge in [-0.3, -0.25) is 0 Å². The zero-order chi connectivity index (χ0) is 15.4. The summed E-state index contributed by atoms with van der Waals surface area (Å²) < 4.78 is 2.02. The summed E-state index contributed by atoms with van der Waals surface area (Å²) in [5, 5.41) is 8.34. The van der Waals surface area contributed by atoms with Gasteiger partial charge in [-0.15, -0.1) is 0 Å². The van der Waals surface area contributed by atoms with E-state index in [1.165, 1.54) is 36.9 Å². The van der Waals surface area contributed by atoms with Crippen LogP contribution in [0.5, 0.6) is 0 Å². The molecule has 2 aromatic rings. The third-order valence-electron chi connectivity index (χ3n) is 5.59. The Morgan fingerprint density at radius 1 is 1.17 bits per heavy atom. The predicted molar refractivity (Wildman–Crippen MR) is 90.6 cm³/mol.